The molecule has 0 aliphatic carbocycles. The lowest BCUT2D eigenvalue weighted by Gasteiger charge is -2.24. The number of nitrogens with zero attached hydrogens (tertiary/aromatic N) is 4. The van der Waals surface area contributed by atoms with E-state index in [4.69, 9.17) is 0 Å². The third kappa shape index (κ3) is 5.97. The number of anilines is 7. The molecule has 0 saturated heterocycles. The van der Waals surface area contributed by atoms with Crippen LogP contribution in [-0.2, 0) is 0 Å². The molecule has 1 aromatic heterocycles. The van der Waals surface area contributed by atoms with Crippen LogP contribution in [0, 0.1) is 0 Å². The number of carbonyl (C=O) groups is 2. The molecule has 0 bridgehead atoms. The van der Waals surface area contributed by atoms with Crippen molar-refractivity contribution in [2.24, 2.45) is 0 Å². The summed E-state index contributed by atoms with van der Waals surface area (Å²) in [6.45, 7) is 0. The fraction of sp³-hybridized carbons (Fsp3) is 0. The lowest BCUT2D eigenvalue weighted by molar-refractivity contribution is 0.0686. The number of aromatic carboxylic acids is 2. The molecule has 0 fully saturated rings. The molecular weight excluding hydrogens is 496 g/mol. The van der Waals surface area contributed by atoms with Crippen LogP contribution in [-0.4, -0.2) is 37.1 Å². The number of benzene rings is 4. The topological polar surface area (TPSA) is 141 Å². The van der Waals surface area contributed by atoms with Crippen LogP contribution in [0.25, 0.3) is 0 Å². The molecule has 10 nitrogen and oxygen atoms in total. The summed E-state index contributed by atoms with van der Waals surface area (Å²) in [4.78, 5) is 38.2. The Labute approximate surface area is 223 Å². The summed E-state index contributed by atoms with van der Waals surface area (Å²) in [5.74, 6) is -1.30. The minimum absolute atomic E-state index is 0.156. The van der Waals surface area contributed by atoms with Gasteiger partial charge < -0.3 is 20.8 Å². The van der Waals surface area contributed by atoms with E-state index in [1.807, 2.05) is 65.6 Å². The highest BCUT2D eigenvalue weighted by Gasteiger charge is 2.18. The number of para-hydroxylation sites is 2. The molecule has 0 atom stereocenters. The molecule has 0 amide bonds. The number of rotatable bonds is 9. The van der Waals surface area contributed by atoms with Gasteiger partial charge in [-0.25, -0.2) is 9.59 Å². The molecule has 39 heavy (non-hydrogen) atoms. The highest BCUT2D eigenvalue weighted by Crippen LogP contribution is 2.33. The van der Waals surface area contributed by atoms with Crippen LogP contribution in [0.15, 0.2) is 109 Å². The normalized spacial score (nSPS) is 10.5. The Kier molecular flexibility index (Phi) is 7.08. The Balaban J connectivity index is 1.57. The zero-order chi connectivity index (χ0) is 27.2. The van der Waals surface area contributed by atoms with Gasteiger partial charge in [-0.3, -0.25) is 4.90 Å². The van der Waals surface area contributed by atoms with Crippen LogP contribution < -0.4 is 15.5 Å². The van der Waals surface area contributed by atoms with E-state index in [0.29, 0.717) is 17.3 Å². The highest BCUT2D eigenvalue weighted by molar-refractivity contribution is 5.88. The molecule has 192 valence electrons. The molecule has 0 radical (unpaired) electrons. The minimum atomic E-state index is -1.02. The predicted octanol–water partition coefficient (Wildman–Crippen LogP) is 6.23. The van der Waals surface area contributed by atoms with E-state index in [1.54, 1.807) is 24.3 Å². The second-order valence-electron chi connectivity index (χ2n) is 8.30. The van der Waals surface area contributed by atoms with Gasteiger partial charge in [0.2, 0.25) is 17.8 Å². The first-order valence-corrected chi connectivity index (χ1v) is 11.8. The van der Waals surface area contributed by atoms with E-state index in [9.17, 15) is 19.8 Å². The van der Waals surface area contributed by atoms with Crippen LogP contribution in [0.2, 0.25) is 0 Å². The van der Waals surface area contributed by atoms with Gasteiger partial charge in [0, 0.05) is 22.7 Å². The maximum absolute atomic E-state index is 11.2. The maximum atomic E-state index is 11.2. The lowest BCUT2D eigenvalue weighted by Crippen LogP contribution is -2.16. The third-order valence-corrected chi connectivity index (χ3v) is 5.63. The minimum Gasteiger partial charge on any atom is -0.478 e. The molecule has 4 aromatic carbocycles. The lowest BCUT2D eigenvalue weighted by atomic mass is 10.2. The first-order chi connectivity index (χ1) is 19.0. The molecule has 0 aliphatic rings. The van der Waals surface area contributed by atoms with Crippen LogP contribution in [0.3, 0.4) is 0 Å². The molecule has 5 rings (SSSR count). The summed E-state index contributed by atoms with van der Waals surface area (Å²) in [7, 11) is 0. The van der Waals surface area contributed by atoms with Crippen LogP contribution in [0.5, 0.6) is 0 Å². The zero-order valence-electron chi connectivity index (χ0n) is 20.4. The SMILES string of the molecule is O=C(O)c1ccc(Nc2nc(Nc3ccc(C(=O)O)cc3)nc(N(c3ccccc3)c3ccccc3)n2)cc1. The third-order valence-electron chi connectivity index (χ3n) is 5.63. The molecule has 1 heterocycles. The number of hydrogen-bond donors (Lipinski definition) is 4. The number of carboxylic acids is 2. The molecule has 0 saturated carbocycles. The van der Waals surface area contributed by atoms with E-state index in [2.05, 4.69) is 25.6 Å². The van der Waals surface area contributed by atoms with Gasteiger partial charge in [0.1, 0.15) is 0 Å². The Morgan fingerprint density at radius 1 is 0.538 bits per heavy atom. The molecule has 0 aliphatic heterocycles. The van der Waals surface area contributed by atoms with Crippen molar-refractivity contribution in [3.8, 4) is 0 Å². The number of nitrogens with one attached hydrogen (secondary N) is 2. The summed E-state index contributed by atoms with van der Waals surface area (Å²) in [6, 6.07) is 31.7. The number of carboxylic acid groups (broad SMARTS) is 2. The fourth-order valence-corrected chi connectivity index (χ4v) is 3.76. The van der Waals surface area contributed by atoms with Crippen LogP contribution in [0.1, 0.15) is 20.7 Å². The van der Waals surface area contributed by atoms with Gasteiger partial charge in [0.05, 0.1) is 11.1 Å². The van der Waals surface area contributed by atoms with Crippen molar-refractivity contribution < 1.29 is 19.8 Å². The van der Waals surface area contributed by atoms with Crippen molar-refractivity contribution in [2.75, 3.05) is 15.5 Å². The van der Waals surface area contributed by atoms with Gasteiger partial charge in [0.25, 0.3) is 0 Å². The van der Waals surface area contributed by atoms with E-state index in [0.717, 1.165) is 11.4 Å². The summed E-state index contributed by atoms with van der Waals surface area (Å²) >= 11 is 0. The zero-order valence-corrected chi connectivity index (χ0v) is 20.4. The second-order valence-corrected chi connectivity index (χ2v) is 8.30. The van der Waals surface area contributed by atoms with Crippen LogP contribution in [0.4, 0.5) is 40.6 Å². The van der Waals surface area contributed by atoms with Crippen molar-refractivity contribution in [3.63, 3.8) is 0 Å². The molecule has 0 unspecified atom stereocenters. The average molecular weight is 519 g/mol. The predicted molar refractivity (Wildman–Crippen MR) is 148 cm³/mol. The highest BCUT2D eigenvalue weighted by atomic mass is 16.4. The average Bonchev–Trinajstić information content (AvgIpc) is 2.95. The van der Waals surface area contributed by atoms with E-state index in [-0.39, 0.29) is 23.0 Å². The standard InChI is InChI=1S/C29H22N6O4/c36-25(37)19-11-15-21(16-12-19)30-27-32-28(31-22-17-13-20(14-18-22)26(38)39)34-29(33-27)35(23-7-3-1-4-8-23)24-9-5-2-6-10-24/h1-18H,(H,36,37)(H,38,39)(H2,30,31,32,33,34). The maximum Gasteiger partial charge on any atom is 0.335 e. The van der Waals surface area contributed by atoms with Crippen molar-refractivity contribution in [1.82, 2.24) is 15.0 Å². The van der Waals surface area contributed by atoms with Crippen molar-refractivity contribution >= 4 is 52.5 Å². The quantitative estimate of drug-likeness (QED) is 0.178. The second kappa shape index (κ2) is 11.1. The fourth-order valence-electron chi connectivity index (χ4n) is 3.76. The van der Waals surface area contributed by atoms with Gasteiger partial charge in [-0.1, -0.05) is 36.4 Å². The first-order valence-electron chi connectivity index (χ1n) is 11.8. The van der Waals surface area contributed by atoms with Crippen LogP contribution >= 0.6 is 0 Å². The first kappa shape index (κ1) is 24.9. The Bertz CT molecular complexity index is 1480. The van der Waals surface area contributed by atoms with Gasteiger partial charge in [-0.2, -0.15) is 15.0 Å². The Hall–Kier alpha value is -5.77. The van der Waals surface area contributed by atoms with E-state index < -0.39 is 11.9 Å². The number of aromatic nitrogens is 3. The largest absolute Gasteiger partial charge is 0.478 e. The van der Waals surface area contributed by atoms with Crippen molar-refractivity contribution in [1.29, 1.82) is 0 Å². The van der Waals surface area contributed by atoms with Gasteiger partial charge in [0.15, 0.2) is 0 Å². The molecule has 4 N–H and O–H groups in total. The van der Waals surface area contributed by atoms with Gasteiger partial charge in [-0.05, 0) is 72.8 Å². The Morgan fingerprint density at radius 2 is 0.923 bits per heavy atom. The monoisotopic (exact) mass is 518 g/mol. The van der Waals surface area contributed by atoms with E-state index >= 15 is 0 Å². The summed E-state index contributed by atoms with van der Waals surface area (Å²) in [5.41, 5.74) is 3.12. The van der Waals surface area contributed by atoms with Gasteiger partial charge in [-0.15, -0.1) is 0 Å². The van der Waals surface area contributed by atoms with E-state index in [1.165, 1.54) is 24.3 Å². The molecular formula is C29H22N6O4. The van der Waals surface area contributed by atoms with Crippen molar-refractivity contribution in [3.05, 3.63) is 120 Å². The molecule has 5 aromatic rings. The summed E-state index contributed by atoms with van der Waals surface area (Å²) < 4.78 is 0. The molecule has 0 spiro atoms. The summed E-state index contributed by atoms with van der Waals surface area (Å²) in [6.07, 6.45) is 0. The molecule has 10 heteroatoms. The number of hydrogen-bond acceptors (Lipinski definition) is 8. The summed E-state index contributed by atoms with van der Waals surface area (Å²) in [5, 5.41) is 24.6. The van der Waals surface area contributed by atoms with Crippen molar-refractivity contribution in [2.45, 2.75) is 0 Å². The van der Waals surface area contributed by atoms with Gasteiger partial charge >= 0.3 is 11.9 Å². The smallest absolute Gasteiger partial charge is 0.335 e. The Morgan fingerprint density at radius 3 is 1.28 bits per heavy atom.